The summed E-state index contributed by atoms with van der Waals surface area (Å²) in [4.78, 5) is 28.1. The first-order valence-corrected chi connectivity index (χ1v) is 8.69. The van der Waals surface area contributed by atoms with Crippen LogP contribution in [0.1, 0.15) is 22.3 Å². The summed E-state index contributed by atoms with van der Waals surface area (Å²) in [7, 11) is 3.40. The van der Waals surface area contributed by atoms with Gasteiger partial charge in [-0.15, -0.1) is 12.4 Å². The second kappa shape index (κ2) is 8.77. The van der Waals surface area contributed by atoms with E-state index in [9.17, 15) is 9.59 Å². The van der Waals surface area contributed by atoms with Gasteiger partial charge in [-0.1, -0.05) is 12.1 Å². The predicted molar refractivity (Wildman–Crippen MR) is 112 cm³/mol. The lowest BCUT2D eigenvalue weighted by Gasteiger charge is -2.31. The van der Waals surface area contributed by atoms with Gasteiger partial charge in [0.15, 0.2) is 0 Å². The van der Waals surface area contributed by atoms with E-state index in [1.807, 2.05) is 18.2 Å². The summed E-state index contributed by atoms with van der Waals surface area (Å²) >= 11 is 0. The molecule has 0 atom stereocenters. The summed E-state index contributed by atoms with van der Waals surface area (Å²) in [6.07, 6.45) is 1.91. The average molecular weight is 389 g/mol. The lowest BCUT2D eigenvalue weighted by Crippen LogP contribution is -2.37. The maximum atomic E-state index is 12.5. The molecule has 0 saturated heterocycles. The number of anilines is 3. The number of amides is 2. The number of nitrogens with one attached hydrogen (secondary N) is 1. The van der Waals surface area contributed by atoms with Gasteiger partial charge in [0, 0.05) is 43.3 Å². The van der Waals surface area contributed by atoms with Crippen molar-refractivity contribution in [2.24, 2.45) is 0 Å². The molecule has 2 aromatic carbocycles. The van der Waals surface area contributed by atoms with Gasteiger partial charge in [-0.25, -0.2) is 0 Å². The van der Waals surface area contributed by atoms with Gasteiger partial charge in [0.05, 0.1) is 6.54 Å². The van der Waals surface area contributed by atoms with E-state index in [-0.39, 0.29) is 30.8 Å². The van der Waals surface area contributed by atoms with Gasteiger partial charge in [-0.3, -0.25) is 9.59 Å². The first-order valence-electron chi connectivity index (χ1n) is 8.69. The van der Waals surface area contributed by atoms with Crippen LogP contribution < -0.4 is 16.0 Å². The largest absolute Gasteiger partial charge is 0.398 e. The Bertz CT molecular complexity index is 838. The van der Waals surface area contributed by atoms with Crippen molar-refractivity contribution in [1.82, 2.24) is 4.90 Å². The highest BCUT2D eigenvalue weighted by Gasteiger charge is 2.20. The van der Waals surface area contributed by atoms with Crippen LogP contribution in [0.2, 0.25) is 0 Å². The number of halogens is 1. The summed E-state index contributed by atoms with van der Waals surface area (Å²) in [6, 6.07) is 12.8. The molecule has 27 heavy (non-hydrogen) atoms. The minimum absolute atomic E-state index is 0. The molecule has 0 fully saturated rings. The summed E-state index contributed by atoms with van der Waals surface area (Å²) in [5, 5.41) is 2.89. The van der Waals surface area contributed by atoms with Crippen molar-refractivity contribution in [1.29, 1.82) is 0 Å². The smallest absolute Gasteiger partial charge is 0.253 e. The van der Waals surface area contributed by atoms with Gasteiger partial charge in [-0.05, 0) is 48.7 Å². The third-order valence-corrected chi connectivity index (χ3v) is 4.52. The monoisotopic (exact) mass is 388 g/mol. The molecule has 0 aliphatic carbocycles. The molecule has 2 amide bonds. The highest BCUT2D eigenvalue weighted by atomic mass is 35.5. The van der Waals surface area contributed by atoms with Crippen molar-refractivity contribution in [2.75, 3.05) is 43.1 Å². The Morgan fingerprint density at radius 2 is 1.93 bits per heavy atom. The summed E-state index contributed by atoms with van der Waals surface area (Å²) in [5.74, 6) is -0.212. The number of hydrogen-bond acceptors (Lipinski definition) is 4. The summed E-state index contributed by atoms with van der Waals surface area (Å²) in [5.41, 5.74) is 10.2. The molecule has 0 saturated carbocycles. The topological polar surface area (TPSA) is 78.7 Å². The molecule has 3 N–H and O–H groups in total. The highest BCUT2D eigenvalue weighted by Crippen LogP contribution is 2.31. The molecular formula is C20H25ClN4O2. The lowest BCUT2D eigenvalue weighted by molar-refractivity contribution is -0.115. The van der Waals surface area contributed by atoms with Crippen LogP contribution in [0.15, 0.2) is 42.5 Å². The van der Waals surface area contributed by atoms with E-state index in [1.165, 1.54) is 4.90 Å². The predicted octanol–water partition coefficient (Wildman–Crippen LogP) is 2.78. The van der Waals surface area contributed by atoms with Gasteiger partial charge in [0.2, 0.25) is 5.91 Å². The van der Waals surface area contributed by atoms with Gasteiger partial charge in [0.1, 0.15) is 0 Å². The zero-order valence-corrected chi connectivity index (χ0v) is 16.4. The van der Waals surface area contributed by atoms with E-state index in [0.29, 0.717) is 11.3 Å². The molecule has 0 bridgehead atoms. The van der Waals surface area contributed by atoms with E-state index in [1.54, 1.807) is 38.4 Å². The Morgan fingerprint density at radius 3 is 2.67 bits per heavy atom. The van der Waals surface area contributed by atoms with Crippen molar-refractivity contribution in [3.63, 3.8) is 0 Å². The van der Waals surface area contributed by atoms with Crippen molar-refractivity contribution in [3.8, 4) is 0 Å². The highest BCUT2D eigenvalue weighted by molar-refractivity contribution is 5.98. The second-order valence-corrected chi connectivity index (χ2v) is 6.70. The number of carbonyl (C=O) groups is 2. The van der Waals surface area contributed by atoms with Gasteiger partial charge in [0.25, 0.3) is 5.91 Å². The van der Waals surface area contributed by atoms with Crippen LogP contribution >= 0.6 is 12.4 Å². The van der Waals surface area contributed by atoms with Gasteiger partial charge >= 0.3 is 0 Å². The van der Waals surface area contributed by atoms with E-state index in [2.05, 4.69) is 10.2 Å². The average Bonchev–Trinajstić information content (AvgIpc) is 2.62. The Kier molecular flexibility index (Phi) is 6.69. The van der Waals surface area contributed by atoms with Crippen LogP contribution in [0.25, 0.3) is 0 Å². The Hall–Kier alpha value is -2.73. The third-order valence-electron chi connectivity index (χ3n) is 4.52. The van der Waals surface area contributed by atoms with Crippen molar-refractivity contribution >= 4 is 41.3 Å². The van der Waals surface area contributed by atoms with Crippen LogP contribution in [-0.2, 0) is 11.2 Å². The molecule has 6 nitrogen and oxygen atoms in total. The zero-order chi connectivity index (χ0) is 18.7. The van der Waals surface area contributed by atoms with Crippen molar-refractivity contribution in [3.05, 3.63) is 53.6 Å². The molecule has 0 radical (unpaired) electrons. The number of nitrogens with two attached hydrogens (primary N) is 1. The minimum Gasteiger partial charge on any atom is -0.398 e. The molecule has 7 heteroatoms. The molecule has 1 aliphatic heterocycles. The molecule has 2 aromatic rings. The number of carbonyl (C=O) groups excluding carboxylic acids is 2. The van der Waals surface area contributed by atoms with Crippen molar-refractivity contribution < 1.29 is 9.59 Å². The molecule has 0 unspecified atom stereocenters. The lowest BCUT2D eigenvalue weighted by atomic mass is 10.00. The van der Waals surface area contributed by atoms with E-state index in [0.717, 1.165) is 36.3 Å². The maximum absolute atomic E-state index is 12.5. The maximum Gasteiger partial charge on any atom is 0.253 e. The third kappa shape index (κ3) is 4.71. The molecule has 3 rings (SSSR count). The normalized spacial score (nSPS) is 12.6. The second-order valence-electron chi connectivity index (χ2n) is 6.70. The quantitative estimate of drug-likeness (QED) is 0.789. The molecule has 0 aromatic heterocycles. The van der Waals surface area contributed by atoms with E-state index >= 15 is 0 Å². The molecule has 1 aliphatic rings. The van der Waals surface area contributed by atoms with Crippen LogP contribution in [0.4, 0.5) is 17.1 Å². The Balaban J connectivity index is 0.00000261. The van der Waals surface area contributed by atoms with Crippen molar-refractivity contribution in [2.45, 2.75) is 12.8 Å². The number of hydrogen-bond donors (Lipinski definition) is 2. The first-order chi connectivity index (χ1) is 12.5. The zero-order valence-electron chi connectivity index (χ0n) is 15.6. The number of rotatable bonds is 4. The SMILES string of the molecule is CN(C)C(=O)c1cccc(NC(=O)CN2CCCc3c(N)cccc32)c1.Cl. The summed E-state index contributed by atoms with van der Waals surface area (Å²) in [6.45, 7) is 1.07. The van der Waals surface area contributed by atoms with Crippen LogP contribution in [-0.4, -0.2) is 43.9 Å². The fourth-order valence-corrected chi connectivity index (χ4v) is 3.25. The van der Waals surface area contributed by atoms with Crippen LogP contribution in [0, 0.1) is 0 Å². The van der Waals surface area contributed by atoms with E-state index < -0.39 is 0 Å². The molecule has 1 heterocycles. The minimum atomic E-state index is -0.116. The van der Waals surface area contributed by atoms with Crippen LogP contribution in [0.5, 0.6) is 0 Å². The van der Waals surface area contributed by atoms with Gasteiger partial charge in [-0.2, -0.15) is 0 Å². The van der Waals surface area contributed by atoms with Crippen LogP contribution in [0.3, 0.4) is 0 Å². The molecular weight excluding hydrogens is 364 g/mol. The standard InChI is InChI=1S/C20H24N4O2.ClH/c1-23(2)20(26)14-6-3-7-15(12-14)22-19(25)13-24-11-5-8-16-17(21)9-4-10-18(16)24;/h3-4,6-7,9-10,12H,5,8,11,13,21H2,1-2H3,(H,22,25);1H. The Morgan fingerprint density at radius 1 is 1.19 bits per heavy atom. The number of fused-ring (bicyclic) bond motifs is 1. The fraction of sp³-hybridized carbons (Fsp3) is 0.300. The Labute approximate surface area is 165 Å². The number of nitrogen functional groups attached to an aromatic ring is 1. The fourth-order valence-electron chi connectivity index (χ4n) is 3.25. The van der Waals surface area contributed by atoms with E-state index in [4.69, 9.17) is 5.73 Å². The number of nitrogens with zero attached hydrogens (tertiary/aromatic N) is 2. The first kappa shape index (κ1) is 20.6. The van der Waals surface area contributed by atoms with Gasteiger partial charge < -0.3 is 20.9 Å². The number of benzene rings is 2. The molecule has 144 valence electrons. The molecule has 0 spiro atoms. The summed E-state index contributed by atoms with van der Waals surface area (Å²) < 4.78 is 0.